The van der Waals surface area contributed by atoms with Gasteiger partial charge >= 0.3 is 0 Å². The van der Waals surface area contributed by atoms with Crippen molar-refractivity contribution in [3.8, 4) is 23.8 Å². The van der Waals surface area contributed by atoms with Crippen LogP contribution in [0.15, 0.2) is 54.5 Å². The highest BCUT2D eigenvalue weighted by molar-refractivity contribution is 5.60. The van der Waals surface area contributed by atoms with Gasteiger partial charge in [-0.05, 0) is 73.0 Å². The van der Waals surface area contributed by atoms with Gasteiger partial charge < -0.3 is 10.1 Å². The van der Waals surface area contributed by atoms with Crippen molar-refractivity contribution < 1.29 is 9.13 Å². The van der Waals surface area contributed by atoms with E-state index in [0.29, 0.717) is 28.7 Å². The number of hydrogen-bond donors (Lipinski definition) is 1. The molecule has 0 aliphatic carbocycles. The summed E-state index contributed by atoms with van der Waals surface area (Å²) in [5.74, 6) is 0.432. The fourth-order valence-electron chi connectivity index (χ4n) is 2.73. The maximum Gasteiger partial charge on any atom is 0.230 e. The van der Waals surface area contributed by atoms with Crippen LogP contribution in [0.25, 0.3) is 6.08 Å². The van der Waals surface area contributed by atoms with Crippen molar-refractivity contribution in [2.75, 3.05) is 5.32 Å². The quantitative estimate of drug-likeness (QED) is 0.596. The monoisotopic (exact) mass is 385 g/mol. The Morgan fingerprint density at radius 3 is 2.41 bits per heavy atom. The summed E-state index contributed by atoms with van der Waals surface area (Å²) in [4.78, 5) is 8.52. The predicted molar refractivity (Wildman–Crippen MR) is 107 cm³/mol. The Morgan fingerprint density at radius 1 is 1.10 bits per heavy atom. The van der Waals surface area contributed by atoms with Gasteiger partial charge in [-0.3, -0.25) is 0 Å². The lowest BCUT2D eigenvalue weighted by Crippen LogP contribution is -1.99. The molecule has 3 rings (SSSR count). The van der Waals surface area contributed by atoms with E-state index in [0.717, 1.165) is 16.8 Å². The van der Waals surface area contributed by atoms with Crippen molar-refractivity contribution in [2.45, 2.75) is 13.8 Å². The highest BCUT2D eigenvalue weighted by atomic mass is 19.1. The third kappa shape index (κ3) is 4.94. The van der Waals surface area contributed by atoms with Gasteiger partial charge in [0.1, 0.15) is 11.8 Å². The molecule has 0 spiro atoms. The molecular weight excluding hydrogens is 369 g/mol. The smallest absolute Gasteiger partial charge is 0.230 e. The standard InChI is InChI=1S/C22H16FN5O/c1-14-9-17(11-18(23)13-25)10-15(2)21(14)29-20-7-8-26-22(28-20)27-19-5-3-16(12-24)4-6-19/h3-11H,1-2H3,(H,26,27,28). The molecule has 0 fully saturated rings. The lowest BCUT2D eigenvalue weighted by atomic mass is 10.1. The molecule has 1 aromatic heterocycles. The second-order valence-corrected chi connectivity index (χ2v) is 6.22. The van der Waals surface area contributed by atoms with Crippen LogP contribution in [0, 0.1) is 36.5 Å². The van der Waals surface area contributed by atoms with Gasteiger partial charge in [0.25, 0.3) is 0 Å². The lowest BCUT2D eigenvalue weighted by Gasteiger charge is -2.13. The van der Waals surface area contributed by atoms with Gasteiger partial charge in [0.05, 0.1) is 11.6 Å². The number of aryl methyl sites for hydroxylation is 2. The molecule has 7 heteroatoms. The number of aromatic nitrogens is 2. The van der Waals surface area contributed by atoms with Gasteiger partial charge in [-0.15, -0.1) is 0 Å². The fourth-order valence-corrected chi connectivity index (χ4v) is 2.73. The van der Waals surface area contributed by atoms with Gasteiger partial charge in [-0.25, -0.2) is 4.98 Å². The summed E-state index contributed by atoms with van der Waals surface area (Å²) < 4.78 is 19.2. The summed E-state index contributed by atoms with van der Waals surface area (Å²) in [6.07, 6.45) is 2.74. The van der Waals surface area contributed by atoms with Crippen LogP contribution in [-0.4, -0.2) is 9.97 Å². The third-order valence-corrected chi connectivity index (χ3v) is 3.99. The highest BCUT2D eigenvalue weighted by Gasteiger charge is 2.10. The van der Waals surface area contributed by atoms with E-state index in [1.165, 1.54) is 12.1 Å². The molecule has 0 saturated heterocycles. The summed E-state index contributed by atoms with van der Waals surface area (Å²) >= 11 is 0. The summed E-state index contributed by atoms with van der Waals surface area (Å²) in [5.41, 5.74) is 3.44. The van der Waals surface area contributed by atoms with Crippen LogP contribution >= 0.6 is 0 Å². The number of nitrogens with zero attached hydrogens (tertiary/aromatic N) is 4. The molecule has 2 aromatic carbocycles. The van der Waals surface area contributed by atoms with Crippen molar-refractivity contribution in [1.82, 2.24) is 9.97 Å². The van der Waals surface area contributed by atoms with E-state index in [1.54, 1.807) is 48.7 Å². The van der Waals surface area contributed by atoms with E-state index in [1.807, 2.05) is 13.8 Å². The molecule has 0 saturated carbocycles. The van der Waals surface area contributed by atoms with Gasteiger partial charge in [-0.2, -0.15) is 19.9 Å². The Bertz CT molecular complexity index is 1130. The first-order valence-corrected chi connectivity index (χ1v) is 8.65. The third-order valence-electron chi connectivity index (χ3n) is 3.99. The first-order valence-electron chi connectivity index (χ1n) is 8.65. The van der Waals surface area contributed by atoms with E-state index in [-0.39, 0.29) is 0 Å². The number of halogens is 1. The van der Waals surface area contributed by atoms with Crippen molar-refractivity contribution in [3.63, 3.8) is 0 Å². The SMILES string of the molecule is Cc1cc(C=C(F)C#N)cc(C)c1Oc1ccnc(Nc2ccc(C#N)cc2)n1. The topological polar surface area (TPSA) is 94.6 Å². The van der Waals surface area contributed by atoms with E-state index < -0.39 is 5.83 Å². The number of benzene rings is 2. The summed E-state index contributed by atoms with van der Waals surface area (Å²) in [7, 11) is 0. The number of nitrogens with one attached hydrogen (secondary N) is 1. The van der Waals surface area contributed by atoms with Gasteiger partial charge in [0, 0.05) is 18.0 Å². The number of rotatable bonds is 5. The maximum absolute atomic E-state index is 13.2. The largest absolute Gasteiger partial charge is 0.438 e. The summed E-state index contributed by atoms with van der Waals surface area (Å²) in [6, 6.07) is 15.5. The summed E-state index contributed by atoms with van der Waals surface area (Å²) in [5, 5.41) is 20.5. The molecule has 0 aliphatic rings. The van der Waals surface area contributed by atoms with Crippen LogP contribution in [0.5, 0.6) is 11.6 Å². The van der Waals surface area contributed by atoms with Gasteiger partial charge in [-0.1, -0.05) is 0 Å². The fraction of sp³-hybridized carbons (Fsp3) is 0.0909. The molecule has 3 aromatic rings. The van der Waals surface area contributed by atoms with Crippen LogP contribution in [0.2, 0.25) is 0 Å². The Kier molecular flexibility index (Phi) is 5.82. The van der Waals surface area contributed by atoms with Gasteiger partial charge in [0.15, 0.2) is 0 Å². The van der Waals surface area contributed by atoms with E-state index >= 15 is 0 Å². The van der Waals surface area contributed by atoms with Crippen molar-refractivity contribution in [1.29, 1.82) is 10.5 Å². The molecule has 0 amide bonds. The zero-order valence-corrected chi connectivity index (χ0v) is 15.8. The summed E-state index contributed by atoms with van der Waals surface area (Å²) in [6.45, 7) is 3.67. The van der Waals surface area contributed by atoms with E-state index in [9.17, 15) is 4.39 Å². The molecule has 142 valence electrons. The number of allylic oxidation sites excluding steroid dienone is 1. The van der Waals surface area contributed by atoms with Crippen molar-refractivity contribution in [2.24, 2.45) is 0 Å². The Labute approximate surface area is 167 Å². The van der Waals surface area contributed by atoms with E-state index in [4.69, 9.17) is 15.3 Å². The maximum atomic E-state index is 13.2. The number of ether oxygens (including phenoxy) is 1. The molecular formula is C22H16FN5O. The lowest BCUT2D eigenvalue weighted by molar-refractivity contribution is 0.455. The Morgan fingerprint density at radius 2 is 1.79 bits per heavy atom. The highest BCUT2D eigenvalue weighted by Crippen LogP contribution is 2.30. The molecule has 1 heterocycles. The minimum atomic E-state index is -0.855. The van der Waals surface area contributed by atoms with Gasteiger partial charge in [0.2, 0.25) is 17.7 Å². The molecule has 0 atom stereocenters. The normalized spacial score (nSPS) is 10.7. The second kappa shape index (κ2) is 8.64. The van der Waals surface area contributed by atoms with E-state index in [2.05, 4.69) is 21.4 Å². The van der Waals surface area contributed by atoms with Crippen molar-refractivity contribution >= 4 is 17.7 Å². The predicted octanol–water partition coefficient (Wildman–Crippen LogP) is 5.34. The molecule has 0 radical (unpaired) electrons. The van der Waals surface area contributed by atoms with Crippen LogP contribution in [0.4, 0.5) is 16.0 Å². The molecule has 6 nitrogen and oxygen atoms in total. The molecule has 1 N–H and O–H groups in total. The number of anilines is 2. The molecule has 0 bridgehead atoms. The average Bonchev–Trinajstić information content (AvgIpc) is 2.71. The molecule has 29 heavy (non-hydrogen) atoms. The Balaban J connectivity index is 1.81. The minimum absolute atomic E-state index is 0.342. The zero-order chi connectivity index (χ0) is 20.8. The molecule has 0 aliphatic heterocycles. The number of nitriles is 2. The van der Waals surface area contributed by atoms with Crippen LogP contribution in [-0.2, 0) is 0 Å². The van der Waals surface area contributed by atoms with Crippen LogP contribution < -0.4 is 10.1 Å². The Hall–Kier alpha value is -4.23. The second-order valence-electron chi connectivity index (χ2n) is 6.22. The first-order chi connectivity index (χ1) is 14.0. The average molecular weight is 385 g/mol. The molecule has 0 unspecified atom stereocenters. The zero-order valence-electron chi connectivity index (χ0n) is 15.8. The van der Waals surface area contributed by atoms with Crippen LogP contribution in [0.1, 0.15) is 22.3 Å². The number of hydrogen-bond acceptors (Lipinski definition) is 6. The van der Waals surface area contributed by atoms with Crippen molar-refractivity contribution in [3.05, 3.63) is 76.7 Å². The first kappa shape index (κ1) is 19.5. The van der Waals surface area contributed by atoms with Crippen LogP contribution in [0.3, 0.4) is 0 Å². The minimum Gasteiger partial charge on any atom is -0.438 e.